The van der Waals surface area contributed by atoms with Crippen LogP contribution in [0.3, 0.4) is 0 Å². The Hall–Kier alpha value is -2.33. The van der Waals surface area contributed by atoms with Gasteiger partial charge in [-0.25, -0.2) is 4.39 Å². The minimum Gasteiger partial charge on any atom is -0.497 e. The van der Waals surface area contributed by atoms with E-state index in [-0.39, 0.29) is 5.82 Å². The van der Waals surface area contributed by atoms with Crippen molar-refractivity contribution in [2.45, 2.75) is 6.54 Å². The second-order valence-electron chi connectivity index (χ2n) is 4.85. The van der Waals surface area contributed by atoms with Crippen molar-refractivity contribution in [3.63, 3.8) is 0 Å². The van der Waals surface area contributed by atoms with E-state index in [9.17, 15) is 4.39 Å². The molecule has 3 nitrogen and oxygen atoms in total. The first-order valence-electron chi connectivity index (χ1n) is 6.72. The SMILES string of the molecule is CNCc1cc(OC)ccc1-c1cc2cc(F)ccc2o1. The minimum atomic E-state index is -0.264. The van der Waals surface area contributed by atoms with Crippen molar-refractivity contribution in [2.24, 2.45) is 0 Å². The molecular formula is C17H16FNO2. The highest BCUT2D eigenvalue weighted by atomic mass is 19.1. The van der Waals surface area contributed by atoms with Gasteiger partial charge in [0, 0.05) is 17.5 Å². The monoisotopic (exact) mass is 285 g/mol. The van der Waals surface area contributed by atoms with Crippen molar-refractivity contribution in [3.8, 4) is 17.1 Å². The first-order valence-corrected chi connectivity index (χ1v) is 6.72. The van der Waals surface area contributed by atoms with E-state index in [0.717, 1.165) is 28.0 Å². The van der Waals surface area contributed by atoms with Crippen LogP contribution in [0, 0.1) is 5.82 Å². The summed E-state index contributed by atoms with van der Waals surface area (Å²) in [6.45, 7) is 0.692. The van der Waals surface area contributed by atoms with Crippen molar-refractivity contribution in [2.75, 3.05) is 14.2 Å². The Balaban J connectivity index is 2.12. The zero-order valence-electron chi connectivity index (χ0n) is 11.9. The van der Waals surface area contributed by atoms with Crippen molar-refractivity contribution >= 4 is 11.0 Å². The third-order valence-corrected chi connectivity index (χ3v) is 3.42. The normalized spacial score (nSPS) is 11.0. The molecule has 1 aromatic heterocycles. The number of hydrogen-bond donors (Lipinski definition) is 1. The van der Waals surface area contributed by atoms with Crippen LogP contribution in [0.25, 0.3) is 22.3 Å². The van der Waals surface area contributed by atoms with Crippen LogP contribution in [0.1, 0.15) is 5.56 Å². The first kappa shape index (κ1) is 13.6. The van der Waals surface area contributed by atoms with Gasteiger partial charge in [-0.1, -0.05) is 0 Å². The van der Waals surface area contributed by atoms with E-state index >= 15 is 0 Å². The quantitative estimate of drug-likeness (QED) is 0.787. The molecular weight excluding hydrogens is 269 g/mol. The van der Waals surface area contributed by atoms with Gasteiger partial charge in [0.05, 0.1) is 7.11 Å². The zero-order valence-corrected chi connectivity index (χ0v) is 11.9. The molecule has 2 aromatic carbocycles. The second-order valence-corrected chi connectivity index (χ2v) is 4.85. The summed E-state index contributed by atoms with van der Waals surface area (Å²) in [5.41, 5.74) is 2.72. The Labute approximate surface area is 122 Å². The van der Waals surface area contributed by atoms with Crippen LogP contribution >= 0.6 is 0 Å². The van der Waals surface area contributed by atoms with Crippen molar-refractivity contribution in [1.82, 2.24) is 5.32 Å². The molecule has 1 heterocycles. The highest BCUT2D eigenvalue weighted by Crippen LogP contribution is 2.32. The Kier molecular flexibility index (Phi) is 3.62. The van der Waals surface area contributed by atoms with Crippen LogP contribution in [0.15, 0.2) is 46.9 Å². The van der Waals surface area contributed by atoms with E-state index < -0.39 is 0 Å². The number of hydrogen-bond acceptors (Lipinski definition) is 3. The van der Waals surface area contributed by atoms with Crippen LogP contribution in [0.4, 0.5) is 4.39 Å². The molecule has 0 bridgehead atoms. The number of nitrogens with one attached hydrogen (secondary N) is 1. The fraction of sp³-hybridized carbons (Fsp3) is 0.176. The summed E-state index contributed by atoms with van der Waals surface area (Å²) in [4.78, 5) is 0. The van der Waals surface area contributed by atoms with E-state index in [1.807, 2.05) is 31.3 Å². The largest absolute Gasteiger partial charge is 0.497 e. The van der Waals surface area contributed by atoms with E-state index in [2.05, 4.69) is 5.32 Å². The fourth-order valence-electron chi connectivity index (χ4n) is 2.42. The molecule has 0 fully saturated rings. The van der Waals surface area contributed by atoms with Crippen LogP contribution in [-0.2, 0) is 6.54 Å². The number of furan rings is 1. The molecule has 0 radical (unpaired) electrons. The molecule has 3 aromatic rings. The molecule has 0 amide bonds. The second kappa shape index (κ2) is 5.58. The summed E-state index contributed by atoms with van der Waals surface area (Å²) in [5.74, 6) is 1.26. The van der Waals surface area contributed by atoms with E-state index in [4.69, 9.17) is 9.15 Å². The number of benzene rings is 2. The van der Waals surface area contributed by atoms with Crippen LogP contribution in [0.2, 0.25) is 0 Å². The number of ether oxygens (including phenoxy) is 1. The molecule has 0 atom stereocenters. The lowest BCUT2D eigenvalue weighted by atomic mass is 10.0. The predicted octanol–water partition coefficient (Wildman–Crippen LogP) is 3.97. The van der Waals surface area contributed by atoms with Gasteiger partial charge >= 0.3 is 0 Å². The summed E-state index contributed by atoms with van der Waals surface area (Å²) in [5, 5.41) is 3.89. The van der Waals surface area contributed by atoms with Crippen molar-refractivity contribution < 1.29 is 13.5 Å². The number of halogens is 1. The Bertz CT molecular complexity index is 780. The molecule has 0 aliphatic rings. The summed E-state index contributed by atoms with van der Waals surface area (Å²) < 4.78 is 24.4. The molecule has 0 aliphatic carbocycles. The van der Waals surface area contributed by atoms with Crippen molar-refractivity contribution in [1.29, 1.82) is 0 Å². The Morgan fingerprint density at radius 3 is 2.76 bits per heavy atom. The average molecular weight is 285 g/mol. The molecule has 21 heavy (non-hydrogen) atoms. The Morgan fingerprint density at radius 1 is 1.14 bits per heavy atom. The maximum Gasteiger partial charge on any atom is 0.135 e. The van der Waals surface area contributed by atoms with Gasteiger partial charge in [-0.15, -0.1) is 0 Å². The average Bonchev–Trinajstić information content (AvgIpc) is 2.90. The maximum atomic E-state index is 13.3. The minimum absolute atomic E-state index is 0.264. The summed E-state index contributed by atoms with van der Waals surface area (Å²) >= 11 is 0. The van der Waals surface area contributed by atoms with Gasteiger partial charge in [-0.2, -0.15) is 0 Å². The van der Waals surface area contributed by atoms with Crippen molar-refractivity contribution in [3.05, 3.63) is 53.8 Å². The van der Waals surface area contributed by atoms with Gasteiger partial charge in [0.1, 0.15) is 22.9 Å². The van der Waals surface area contributed by atoms with Crippen LogP contribution < -0.4 is 10.1 Å². The molecule has 3 rings (SSSR count). The topological polar surface area (TPSA) is 34.4 Å². The summed E-state index contributed by atoms with van der Waals surface area (Å²) in [6.07, 6.45) is 0. The van der Waals surface area contributed by atoms with E-state index in [1.54, 1.807) is 13.2 Å². The van der Waals surface area contributed by atoms with E-state index in [0.29, 0.717) is 12.1 Å². The standard InChI is InChI=1S/C17H16FNO2/c1-19-10-12-8-14(20-2)4-5-15(12)17-9-11-7-13(18)3-6-16(11)21-17/h3-9,19H,10H2,1-2H3. The molecule has 108 valence electrons. The maximum absolute atomic E-state index is 13.3. The lowest BCUT2D eigenvalue weighted by Crippen LogP contribution is -2.06. The molecule has 0 saturated carbocycles. The number of methoxy groups -OCH3 is 1. The highest BCUT2D eigenvalue weighted by molar-refractivity contribution is 5.83. The number of fused-ring (bicyclic) bond motifs is 1. The Morgan fingerprint density at radius 2 is 2.00 bits per heavy atom. The smallest absolute Gasteiger partial charge is 0.135 e. The number of rotatable bonds is 4. The third-order valence-electron chi connectivity index (χ3n) is 3.42. The summed E-state index contributed by atoms with van der Waals surface area (Å²) in [7, 11) is 3.53. The molecule has 4 heteroatoms. The van der Waals surface area contributed by atoms with Gasteiger partial charge < -0.3 is 14.5 Å². The lowest BCUT2D eigenvalue weighted by molar-refractivity contribution is 0.414. The van der Waals surface area contributed by atoms with Gasteiger partial charge in [-0.05, 0) is 55.1 Å². The van der Waals surface area contributed by atoms with Crippen LogP contribution in [0.5, 0.6) is 5.75 Å². The molecule has 0 spiro atoms. The van der Waals surface area contributed by atoms with E-state index in [1.165, 1.54) is 12.1 Å². The third kappa shape index (κ3) is 2.62. The first-order chi connectivity index (χ1) is 10.2. The lowest BCUT2D eigenvalue weighted by Gasteiger charge is -2.09. The van der Waals surface area contributed by atoms with Gasteiger partial charge in [0.15, 0.2) is 0 Å². The molecule has 0 unspecified atom stereocenters. The summed E-state index contributed by atoms with van der Waals surface area (Å²) in [6, 6.07) is 12.2. The van der Waals surface area contributed by atoms with Gasteiger partial charge in [0.2, 0.25) is 0 Å². The highest BCUT2D eigenvalue weighted by Gasteiger charge is 2.12. The van der Waals surface area contributed by atoms with Gasteiger partial charge in [-0.3, -0.25) is 0 Å². The fourth-order valence-corrected chi connectivity index (χ4v) is 2.42. The zero-order chi connectivity index (χ0) is 14.8. The predicted molar refractivity (Wildman–Crippen MR) is 80.9 cm³/mol. The van der Waals surface area contributed by atoms with Gasteiger partial charge in [0.25, 0.3) is 0 Å². The molecule has 0 saturated heterocycles. The molecule has 0 aliphatic heterocycles. The van der Waals surface area contributed by atoms with Crippen LogP contribution in [-0.4, -0.2) is 14.2 Å². The molecule has 1 N–H and O–H groups in total.